The predicted octanol–water partition coefficient (Wildman–Crippen LogP) is 0.936. The number of carbonyl (C=O) groups is 2. The molecule has 1 aromatic rings. The fourth-order valence-electron chi connectivity index (χ4n) is 3.23. The highest BCUT2D eigenvalue weighted by molar-refractivity contribution is 7.12. The molecule has 2 amide bonds. The average Bonchev–Trinajstić information content (AvgIpc) is 3.13. The standard InChI is InChI=1S/C15H21N3O2S/c19-14(10-17-15(20)13-2-1-7-21-13)18-5-3-11-8-16-9-12(11)4-6-18/h1-2,7,11-12,16H,3-6,8-10H2,(H,17,20)/t11-,12+. The van der Waals surface area contributed by atoms with Crippen molar-refractivity contribution in [2.45, 2.75) is 12.8 Å². The lowest BCUT2D eigenvalue weighted by atomic mass is 9.92. The van der Waals surface area contributed by atoms with E-state index in [0.29, 0.717) is 16.7 Å². The Hall–Kier alpha value is -1.40. The zero-order valence-corrected chi connectivity index (χ0v) is 12.8. The van der Waals surface area contributed by atoms with Crippen LogP contribution >= 0.6 is 11.3 Å². The van der Waals surface area contributed by atoms with Crippen LogP contribution in [0.4, 0.5) is 0 Å². The Bertz CT molecular complexity index is 489. The van der Waals surface area contributed by atoms with Gasteiger partial charge in [0.15, 0.2) is 0 Å². The first-order valence-electron chi connectivity index (χ1n) is 7.54. The maximum Gasteiger partial charge on any atom is 0.261 e. The molecule has 0 saturated carbocycles. The topological polar surface area (TPSA) is 61.4 Å². The van der Waals surface area contributed by atoms with Gasteiger partial charge in [-0.25, -0.2) is 0 Å². The predicted molar refractivity (Wildman–Crippen MR) is 82.3 cm³/mol. The van der Waals surface area contributed by atoms with E-state index in [1.165, 1.54) is 11.3 Å². The lowest BCUT2D eigenvalue weighted by molar-refractivity contribution is -0.130. The van der Waals surface area contributed by atoms with Crippen LogP contribution in [0.5, 0.6) is 0 Å². The van der Waals surface area contributed by atoms with Crippen LogP contribution in [0.1, 0.15) is 22.5 Å². The number of hydrogen-bond acceptors (Lipinski definition) is 4. The van der Waals surface area contributed by atoms with Crippen molar-refractivity contribution in [2.75, 3.05) is 32.7 Å². The SMILES string of the molecule is O=C(NCC(=O)N1CC[C@@H]2CNC[C@@H]2CC1)c1cccs1. The Morgan fingerprint density at radius 3 is 2.62 bits per heavy atom. The molecule has 2 aliphatic heterocycles. The molecule has 2 fully saturated rings. The maximum atomic E-state index is 12.2. The number of rotatable bonds is 3. The second-order valence-corrected chi connectivity index (χ2v) is 6.74. The smallest absolute Gasteiger partial charge is 0.261 e. The van der Waals surface area contributed by atoms with Gasteiger partial charge in [0.1, 0.15) is 0 Å². The third kappa shape index (κ3) is 3.44. The van der Waals surface area contributed by atoms with Crippen molar-refractivity contribution in [2.24, 2.45) is 11.8 Å². The summed E-state index contributed by atoms with van der Waals surface area (Å²) < 4.78 is 0. The Labute approximate surface area is 128 Å². The van der Waals surface area contributed by atoms with Crippen LogP contribution in [-0.2, 0) is 4.79 Å². The molecular formula is C15H21N3O2S. The molecule has 114 valence electrons. The summed E-state index contributed by atoms with van der Waals surface area (Å²) in [6.45, 7) is 3.90. The molecule has 1 aromatic heterocycles. The number of fused-ring (bicyclic) bond motifs is 1. The first-order chi connectivity index (χ1) is 10.2. The van der Waals surface area contributed by atoms with Gasteiger partial charge in [-0.2, -0.15) is 0 Å². The van der Waals surface area contributed by atoms with Crippen LogP contribution in [0.15, 0.2) is 17.5 Å². The van der Waals surface area contributed by atoms with Crippen LogP contribution in [0, 0.1) is 11.8 Å². The van der Waals surface area contributed by atoms with Crippen molar-refractivity contribution in [3.63, 3.8) is 0 Å². The molecule has 0 bridgehead atoms. The molecule has 0 radical (unpaired) electrons. The summed E-state index contributed by atoms with van der Waals surface area (Å²) in [4.78, 5) is 26.6. The molecule has 2 atom stereocenters. The second-order valence-electron chi connectivity index (χ2n) is 5.80. The number of amides is 2. The van der Waals surface area contributed by atoms with Gasteiger partial charge < -0.3 is 15.5 Å². The van der Waals surface area contributed by atoms with E-state index in [1.54, 1.807) is 6.07 Å². The highest BCUT2D eigenvalue weighted by Gasteiger charge is 2.31. The molecule has 0 unspecified atom stereocenters. The van der Waals surface area contributed by atoms with Gasteiger partial charge in [0.25, 0.3) is 5.91 Å². The number of nitrogens with one attached hydrogen (secondary N) is 2. The molecule has 2 aliphatic rings. The Balaban J connectivity index is 1.48. The van der Waals surface area contributed by atoms with Crippen molar-refractivity contribution in [1.29, 1.82) is 0 Å². The van der Waals surface area contributed by atoms with Crippen LogP contribution in [0.3, 0.4) is 0 Å². The van der Waals surface area contributed by atoms with Crippen molar-refractivity contribution >= 4 is 23.2 Å². The zero-order chi connectivity index (χ0) is 14.7. The Morgan fingerprint density at radius 2 is 2.00 bits per heavy atom. The fraction of sp³-hybridized carbons (Fsp3) is 0.600. The third-order valence-corrected chi connectivity index (χ3v) is 5.39. The number of thiophene rings is 1. The summed E-state index contributed by atoms with van der Waals surface area (Å²) in [7, 11) is 0. The van der Waals surface area contributed by atoms with E-state index in [9.17, 15) is 9.59 Å². The van der Waals surface area contributed by atoms with Crippen LogP contribution in [0.25, 0.3) is 0 Å². The molecule has 0 aliphatic carbocycles. The molecule has 3 heterocycles. The summed E-state index contributed by atoms with van der Waals surface area (Å²) in [6.07, 6.45) is 2.14. The number of carbonyl (C=O) groups excluding carboxylic acids is 2. The van der Waals surface area contributed by atoms with Crippen molar-refractivity contribution in [3.05, 3.63) is 22.4 Å². The van der Waals surface area contributed by atoms with Crippen molar-refractivity contribution in [3.8, 4) is 0 Å². The zero-order valence-electron chi connectivity index (χ0n) is 12.0. The molecule has 5 nitrogen and oxygen atoms in total. The molecule has 3 rings (SSSR count). The van der Waals surface area contributed by atoms with Crippen molar-refractivity contribution < 1.29 is 9.59 Å². The van der Waals surface area contributed by atoms with E-state index in [0.717, 1.165) is 39.0 Å². The summed E-state index contributed by atoms with van der Waals surface area (Å²) in [5.74, 6) is 1.30. The highest BCUT2D eigenvalue weighted by atomic mass is 32.1. The van der Waals surface area contributed by atoms with Crippen LogP contribution < -0.4 is 10.6 Å². The van der Waals surface area contributed by atoms with Crippen LogP contribution in [0.2, 0.25) is 0 Å². The van der Waals surface area contributed by atoms with E-state index in [-0.39, 0.29) is 18.4 Å². The Morgan fingerprint density at radius 1 is 1.29 bits per heavy atom. The summed E-state index contributed by atoms with van der Waals surface area (Å²) >= 11 is 1.39. The number of hydrogen-bond donors (Lipinski definition) is 2. The molecule has 6 heteroatoms. The largest absolute Gasteiger partial charge is 0.342 e. The van der Waals surface area contributed by atoms with E-state index >= 15 is 0 Å². The summed E-state index contributed by atoms with van der Waals surface area (Å²) in [6, 6.07) is 3.60. The Kier molecular flexibility index (Phi) is 4.55. The van der Waals surface area contributed by atoms with Gasteiger partial charge >= 0.3 is 0 Å². The second kappa shape index (κ2) is 6.58. The lowest BCUT2D eigenvalue weighted by Crippen LogP contribution is -2.40. The first kappa shape index (κ1) is 14.5. The number of nitrogens with zero attached hydrogens (tertiary/aromatic N) is 1. The van der Waals surface area contributed by atoms with Gasteiger partial charge in [0, 0.05) is 13.1 Å². The minimum Gasteiger partial charge on any atom is -0.342 e. The van der Waals surface area contributed by atoms with E-state index in [2.05, 4.69) is 10.6 Å². The van der Waals surface area contributed by atoms with E-state index in [4.69, 9.17) is 0 Å². The van der Waals surface area contributed by atoms with Crippen molar-refractivity contribution in [1.82, 2.24) is 15.5 Å². The lowest BCUT2D eigenvalue weighted by Gasteiger charge is -2.21. The quantitative estimate of drug-likeness (QED) is 0.873. The minimum absolute atomic E-state index is 0.0350. The maximum absolute atomic E-state index is 12.2. The number of likely N-dealkylation sites (tertiary alicyclic amines) is 1. The van der Waals surface area contributed by atoms with Gasteiger partial charge in [0.2, 0.25) is 5.91 Å². The van der Waals surface area contributed by atoms with Gasteiger partial charge in [0.05, 0.1) is 11.4 Å². The van der Waals surface area contributed by atoms with Gasteiger partial charge in [-0.05, 0) is 49.2 Å². The van der Waals surface area contributed by atoms with Gasteiger partial charge in [-0.1, -0.05) is 6.07 Å². The van der Waals surface area contributed by atoms with Gasteiger partial charge in [-0.15, -0.1) is 11.3 Å². The van der Waals surface area contributed by atoms with E-state index in [1.807, 2.05) is 16.3 Å². The fourth-order valence-corrected chi connectivity index (χ4v) is 3.87. The van der Waals surface area contributed by atoms with Gasteiger partial charge in [-0.3, -0.25) is 9.59 Å². The highest BCUT2D eigenvalue weighted by Crippen LogP contribution is 2.26. The molecule has 2 saturated heterocycles. The van der Waals surface area contributed by atoms with Crippen LogP contribution in [-0.4, -0.2) is 49.4 Å². The third-order valence-electron chi connectivity index (χ3n) is 4.52. The molecular weight excluding hydrogens is 286 g/mol. The molecule has 21 heavy (non-hydrogen) atoms. The minimum atomic E-state index is -0.158. The molecule has 0 spiro atoms. The normalized spacial score (nSPS) is 25.2. The summed E-state index contributed by atoms with van der Waals surface area (Å²) in [5.41, 5.74) is 0. The molecule has 2 N–H and O–H groups in total. The first-order valence-corrected chi connectivity index (χ1v) is 8.42. The molecule has 0 aromatic carbocycles. The average molecular weight is 307 g/mol. The monoisotopic (exact) mass is 307 g/mol. The van der Waals surface area contributed by atoms with E-state index < -0.39 is 0 Å². The summed E-state index contributed by atoms with van der Waals surface area (Å²) in [5, 5.41) is 8.01.